The molecule has 7 heteroatoms. The molecule has 1 saturated heterocycles. The molecule has 4 nitrogen and oxygen atoms in total. The van der Waals surface area contributed by atoms with Gasteiger partial charge in [-0.2, -0.15) is 13.2 Å². The molecule has 0 atom stereocenters. The Labute approximate surface area is 126 Å². The standard InChI is InChI=1S/C15H15F3N4/c16-15(17,18)12-1-2-14(20-11-12)22-9-7-21(8-10-22)13-3-5-19-6-4-13/h1-6,11H,7-10H2. The summed E-state index contributed by atoms with van der Waals surface area (Å²) in [5.74, 6) is 0.586. The number of rotatable bonds is 2. The van der Waals surface area contributed by atoms with E-state index in [0.29, 0.717) is 5.82 Å². The highest BCUT2D eigenvalue weighted by Gasteiger charge is 2.31. The number of alkyl halides is 3. The number of aromatic nitrogens is 2. The molecular weight excluding hydrogens is 293 g/mol. The molecule has 22 heavy (non-hydrogen) atoms. The highest BCUT2D eigenvalue weighted by atomic mass is 19.4. The van der Waals surface area contributed by atoms with Crippen LogP contribution >= 0.6 is 0 Å². The van der Waals surface area contributed by atoms with Crippen molar-refractivity contribution in [3.8, 4) is 0 Å². The molecule has 1 aliphatic rings. The van der Waals surface area contributed by atoms with Crippen LogP contribution in [0.15, 0.2) is 42.9 Å². The zero-order valence-corrected chi connectivity index (χ0v) is 11.8. The molecule has 2 aromatic heterocycles. The highest BCUT2D eigenvalue weighted by Crippen LogP contribution is 2.29. The van der Waals surface area contributed by atoms with Gasteiger partial charge >= 0.3 is 6.18 Å². The molecular formula is C15H15F3N4. The van der Waals surface area contributed by atoms with Crippen molar-refractivity contribution in [2.24, 2.45) is 0 Å². The van der Waals surface area contributed by atoms with Gasteiger partial charge in [0.15, 0.2) is 0 Å². The van der Waals surface area contributed by atoms with Crippen LogP contribution in [-0.2, 0) is 6.18 Å². The van der Waals surface area contributed by atoms with Crippen molar-refractivity contribution in [3.63, 3.8) is 0 Å². The number of nitrogens with zero attached hydrogens (tertiary/aromatic N) is 4. The monoisotopic (exact) mass is 308 g/mol. The highest BCUT2D eigenvalue weighted by molar-refractivity contribution is 5.48. The van der Waals surface area contributed by atoms with E-state index in [-0.39, 0.29) is 0 Å². The Balaban J connectivity index is 1.64. The summed E-state index contributed by atoms with van der Waals surface area (Å²) in [6.45, 7) is 3.04. The smallest absolute Gasteiger partial charge is 0.368 e. The van der Waals surface area contributed by atoms with Gasteiger partial charge in [0.25, 0.3) is 0 Å². The molecule has 0 radical (unpaired) electrons. The average Bonchev–Trinajstić information content (AvgIpc) is 2.55. The SMILES string of the molecule is FC(F)(F)c1ccc(N2CCN(c3ccncc3)CC2)nc1. The summed E-state index contributed by atoms with van der Waals surface area (Å²) < 4.78 is 37.6. The van der Waals surface area contributed by atoms with Gasteiger partial charge in [0.2, 0.25) is 0 Å². The minimum absolute atomic E-state index is 0.586. The molecule has 0 amide bonds. The fraction of sp³-hybridized carbons (Fsp3) is 0.333. The van der Waals surface area contributed by atoms with Crippen LogP contribution in [0.4, 0.5) is 24.7 Å². The van der Waals surface area contributed by atoms with E-state index in [0.717, 1.165) is 44.1 Å². The maximum atomic E-state index is 12.5. The summed E-state index contributed by atoms with van der Waals surface area (Å²) in [6.07, 6.45) is 0.0500. The fourth-order valence-corrected chi connectivity index (χ4v) is 2.49. The summed E-state index contributed by atoms with van der Waals surface area (Å²) in [5, 5.41) is 0. The molecule has 2 aromatic rings. The number of halogens is 3. The van der Waals surface area contributed by atoms with Crippen molar-refractivity contribution in [2.45, 2.75) is 6.18 Å². The van der Waals surface area contributed by atoms with Crippen LogP contribution in [0.5, 0.6) is 0 Å². The number of pyridine rings is 2. The topological polar surface area (TPSA) is 32.3 Å². The van der Waals surface area contributed by atoms with Gasteiger partial charge in [-0.15, -0.1) is 0 Å². The van der Waals surface area contributed by atoms with Crippen molar-refractivity contribution < 1.29 is 13.2 Å². The van der Waals surface area contributed by atoms with E-state index in [2.05, 4.69) is 14.9 Å². The Hall–Kier alpha value is -2.31. The maximum absolute atomic E-state index is 12.5. The van der Waals surface area contributed by atoms with E-state index < -0.39 is 11.7 Å². The minimum atomic E-state index is -4.34. The molecule has 0 aliphatic carbocycles. The first kappa shape index (κ1) is 14.6. The average molecular weight is 308 g/mol. The summed E-state index contributed by atoms with van der Waals surface area (Å²) in [5.41, 5.74) is 0.390. The van der Waals surface area contributed by atoms with Crippen molar-refractivity contribution in [1.29, 1.82) is 0 Å². The summed E-state index contributed by atoms with van der Waals surface area (Å²) in [4.78, 5) is 12.2. The van der Waals surface area contributed by atoms with Crippen LogP contribution in [-0.4, -0.2) is 36.1 Å². The Morgan fingerprint density at radius 1 is 0.864 bits per heavy atom. The van der Waals surface area contributed by atoms with Gasteiger partial charge in [-0.05, 0) is 24.3 Å². The van der Waals surface area contributed by atoms with Gasteiger partial charge in [-0.1, -0.05) is 0 Å². The van der Waals surface area contributed by atoms with Gasteiger partial charge in [0.1, 0.15) is 5.82 Å². The second-order valence-corrected chi connectivity index (χ2v) is 5.08. The zero-order valence-electron chi connectivity index (χ0n) is 11.8. The van der Waals surface area contributed by atoms with Gasteiger partial charge in [0, 0.05) is 50.5 Å². The maximum Gasteiger partial charge on any atom is 0.417 e. The van der Waals surface area contributed by atoms with Crippen molar-refractivity contribution in [1.82, 2.24) is 9.97 Å². The van der Waals surface area contributed by atoms with Crippen molar-refractivity contribution in [2.75, 3.05) is 36.0 Å². The number of hydrogen-bond donors (Lipinski definition) is 0. The second kappa shape index (κ2) is 5.82. The van der Waals surface area contributed by atoms with Gasteiger partial charge in [-0.3, -0.25) is 4.98 Å². The van der Waals surface area contributed by atoms with Gasteiger partial charge in [0.05, 0.1) is 5.56 Å². The molecule has 0 aromatic carbocycles. The molecule has 0 bridgehead atoms. The Morgan fingerprint density at radius 3 is 2.05 bits per heavy atom. The largest absolute Gasteiger partial charge is 0.417 e. The van der Waals surface area contributed by atoms with Crippen LogP contribution < -0.4 is 9.80 Å². The van der Waals surface area contributed by atoms with Crippen LogP contribution in [0.3, 0.4) is 0 Å². The second-order valence-electron chi connectivity index (χ2n) is 5.08. The third-order valence-corrected chi connectivity index (χ3v) is 3.71. The minimum Gasteiger partial charge on any atom is -0.368 e. The third kappa shape index (κ3) is 3.13. The zero-order chi connectivity index (χ0) is 15.6. The van der Waals surface area contributed by atoms with Crippen molar-refractivity contribution in [3.05, 3.63) is 48.4 Å². The molecule has 0 spiro atoms. The van der Waals surface area contributed by atoms with E-state index in [1.165, 1.54) is 6.07 Å². The lowest BCUT2D eigenvalue weighted by Gasteiger charge is -2.36. The van der Waals surface area contributed by atoms with Crippen LogP contribution in [0.2, 0.25) is 0 Å². The Kier molecular flexibility index (Phi) is 3.87. The first-order valence-electron chi connectivity index (χ1n) is 6.97. The van der Waals surface area contributed by atoms with Crippen LogP contribution in [0, 0.1) is 0 Å². The summed E-state index contributed by atoms with van der Waals surface area (Å²) >= 11 is 0. The molecule has 0 N–H and O–H groups in total. The summed E-state index contributed by atoms with van der Waals surface area (Å²) in [6, 6.07) is 6.42. The van der Waals surface area contributed by atoms with E-state index >= 15 is 0 Å². The predicted molar refractivity (Wildman–Crippen MR) is 77.9 cm³/mol. The molecule has 116 valence electrons. The van der Waals surface area contributed by atoms with E-state index in [1.807, 2.05) is 17.0 Å². The fourth-order valence-electron chi connectivity index (χ4n) is 2.49. The van der Waals surface area contributed by atoms with Crippen molar-refractivity contribution >= 4 is 11.5 Å². The normalized spacial score (nSPS) is 16.0. The molecule has 1 fully saturated rings. The quantitative estimate of drug-likeness (QED) is 0.854. The van der Waals surface area contributed by atoms with Gasteiger partial charge in [-0.25, -0.2) is 4.98 Å². The Bertz CT molecular complexity index is 605. The van der Waals surface area contributed by atoms with Gasteiger partial charge < -0.3 is 9.80 Å². The summed E-state index contributed by atoms with van der Waals surface area (Å²) in [7, 11) is 0. The van der Waals surface area contributed by atoms with Crippen LogP contribution in [0.1, 0.15) is 5.56 Å². The molecule has 1 aliphatic heterocycles. The first-order chi connectivity index (χ1) is 10.5. The molecule has 3 heterocycles. The number of anilines is 2. The first-order valence-corrected chi connectivity index (χ1v) is 6.97. The lowest BCUT2D eigenvalue weighted by atomic mass is 10.2. The number of hydrogen-bond acceptors (Lipinski definition) is 4. The van der Waals surface area contributed by atoms with E-state index in [9.17, 15) is 13.2 Å². The molecule has 0 unspecified atom stereocenters. The lowest BCUT2D eigenvalue weighted by Crippen LogP contribution is -2.46. The Morgan fingerprint density at radius 2 is 1.50 bits per heavy atom. The lowest BCUT2D eigenvalue weighted by molar-refractivity contribution is -0.137. The molecule has 0 saturated carbocycles. The molecule has 3 rings (SSSR count). The van der Waals surface area contributed by atoms with E-state index in [4.69, 9.17) is 0 Å². The number of piperazine rings is 1. The van der Waals surface area contributed by atoms with Crippen LogP contribution in [0.25, 0.3) is 0 Å². The van der Waals surface area contributed by atoms with E-state index in [1.54, 1.807) is 12.4 Å². The third-order valence-electron chi connectivity index (χ3n) is 3.71. The predicted octanol–water partition coefficient (Wildman–Crippen LogP) is 2.82.